The number of rotatable bonds is 5. The van der Waals surface area contributed by atoms with Gasteiger partial charge in [0.2, 0.25) is 5.88 Å². The average Bonchev–Trinajstić information content (AvgIpc) is 2.50. The van der Waals surface area contributed by atoms with E-state index in [2.05, 4.69) is 9.72 Å². The van der Waals surface area contributed by atoms with Crippen LogP contribution in [0, 0.1) is 0 Å². The van der Waals surface area contributed by atoms with Crippen molar-refractivity contribution in [1.82, 2.24) is 4.98 Å². The minimum absolute atomic E-state index is 0.0547. The second kappa shape index (κ2) is 7.06. The van der Waals surface area contributed by atoms with Crippen LogP contribution in [0.4, 0.5) is 0 Å². The van der Waals surface area contributed by atoms with E-state index in [1.807, 2.05) is 0 Å². The molecule has 110 valence electrons. The molecule has 0 unspecified atom stereocenters. The van der Waals surface area contributed by atoms with Crippen LogP contribution in [0.5, 0.6) is 11.6 Å². The van der Waals surface area contributed by atoms with Gasteiger partial charge in [0, 0.05) is 22.8 Å². The fraction of sp³-hybridized carbons (Fsp3) is 0.200. The lowest BCUT2D eigenvalue weighted by molar-refractivity contribution is -0.141. The molecule has 0 aliphatic rings. The van der Waals surface area contributed by atoms with Crippen LogP contribution in [0.1, 0.15) is 18.0 Å². The van der Waals surface area contributed by atoms with Crippen LogP contribution in [0.15, 0.2) is 42.6 Å². The summed E-state index contributed by atoms with van der Waals surface area (Å²) in [6.07, 6.45) is 1.65. The van der Waals surface area contributed by atoms with Gasteiger partial charge in [0.25, 0.3) is 0 Å². The van der Waals surface area contributed by atoms with E-state index in [1.54, 1.807) is 42.6 Å². The highest BCUT2D eigenvalue weighted by Gasteiger charge is 2.17. The van der Waals surface area contributed by atoms with E-state index in [-0.39, 0.29) is 12.4 Å². The Labute approximate surface area is 127 Å². The van der Waals surface area contributed by atoms with Gasteiger partial charge in [-0.1, -0.05) is 17.7 Å². The van der Waals surface area contributed by atoms with Crippen molar-refractivity contribution in [2.24, 2.45) is 5.73 Å². The zero-order valence-electron chi connectivity index (χ0n) is 11.5. The van der Waals surface area contributed by atoms with E-state index in [4.69, 9.17) is 22.1 Å². The number of hydrogen-bond donors (Lipinski definition) is 1. The number of nitrogens with two attached hydrogens (primary N) is 1. The molecule has 0 saturated heterocycles. The third kappa shape index (κ3) is 4.18. The molecule has 0 fully saturated rings. The van der Waals surface area contributed by atoms with Gasteiger partial charge < -0.3 is 15.2 Å². The van der Waals surface area contributed by atoms with Crippen LogP contribution in [-0.2, 0) is 9.53 Å². The van der Waals surface area contributed by atoms with Crippen molar-refractivity contribution in [2.45, 2.75) is 12.5 Å². The minimum atomic E-state index is -0.548. The predicted octanol–water partition coefficient (Wildman–Crippen LogP) is 3.09. The average molecular weight is 307 g/mol. The number of ether oxygens (including phenoxy) is 2. The molecule has 0 spiro atoms. The van der Waals surface area contributed by atoms with E-state index < -0.39 is 6.04 Å². The van der Waals surface area contributed by atoms with Crippen molar-refractivity contribution in [1.29, 1.82) is 0 Å². The predicted molar refractivity (Wildman–Crippen MR) is 79.3 cm³/mol. The first-order chi connectivity index (χ1) is 10.1. The summed E-state index contributed by atoms with van der Waals surface area (Å²) in [5, 5.41) is 0.617. The summed E-state index contributed by atoms with van der Waals surface area (Å²) in [5.41, 5.74) is 6.65. The minimum Gasteiger partial charge on any atom is -0.469 e. The Hall–Kier alpha value is -2.11. The number of benzene rings is 1. The molecule has 21 heavy (non-hydrogen) atoms. The van der Waals surface area contributed by atoms with E-state index in [0.29, 0.717) is 22.2 Å². The molecule has 5 nitrogen and oxygen atoms in total. The molecule has 1 aromatic heterocycles. The maximum absolute atomic E-state index is 11.3. The molecule has 0 saturated carbocycles. The number of methoxy groups -OCH3 is 1. The summed E-state index contributed by atoms with van der Waals surface area (Å²) in [6, 6.07) is 9.85. The highest BCUT2D eigenvalue weighted by Crippen LogP contribution is 2.28. The Morgan fingerprint density at radius 3 is 2.71 bits per heavy atom. The Morgan fingerprint density at radius 2 is 2.05 bits per heavy atom. The first-order valence-corrected chi connectivity index (χ1v) is 6.68. The van der Waals surface area contributed by atoms with Crippen LogP contribution >= 0.6 is 11.6 Å². The molecular formula is C15H15ClN2O3. The van der Waals surface area contributed by atoms with E-state index in [9.17, 15) is 4.79 Å². The maximum atomic E-state index is 11.3. The Balaban J connectivity index is 2.20. The second-order valence-corrected chi connectivity index (χ2v) is 4.78. The van der Waals surface area contributed by atoms with Crippen LogP contribution in [0.2, 0.25) is 5.02 Å². The van der Waals surface area contributed by atoms with Crippen molar-refractivity contribution in [2.75, 3.05) is 7.11 Å². The van der Waals surface area contributed by atoms with Crippen molar-refractivity contribution < 1.29 is 14.3 Å². The molecular weight excluding hydrogens is 292 g/mol. The van der Waals surface area contributed by atoms with Gasteiger partial charge in [-0.25, -0.2) is 4.98 Å². The summed E-state index contributed by atoms with van der Waals surface area (Å²) in [4.78, 5) is 15.5. The number of hydrogen-bond acceptors (Lipinski definition) is 5. The van der Waals surface area contributed by atoms with E-state index >= 15 is 0 Å². The van der Waals surface area contributed by atoms with Crippen molar-refractivity contribution >= 4 is 17.6 Å². The largest absolute Gasteiger partial charge is 0.469 e. The monoisotopic (exact) mass is 306 g/mol. The normalized spacial score (nSPS) is 11.8. The van der Waals surface area contributed by atoms with Crippen LogP contribution in [-0.4, -0.2) is 18.1 Å². The summed E-state index contributed by atoms with van der Waals surface area (Å²) >= 11 is 5.83. The van der Waals surface area contributed by atoms with Gasteiger partial charge in [-0.3, -0.25) is 4.79 Å². The van der Waals surface area contributed by atoms with Crippen molar-refractivity contribution in [3.63, 3.8) is 0 Å². The van der Waals surface area contributed by atoms with Gasteiger partial charge in [0.15, 0.2) is 0 Å². The number of carbonyl (C=O) groups excluding carboxylic acids is 1. The fourth-order valence-corrected chi connectivity index (χ4v) is 1.88. The number of nitrogens with zero attached hydrogens (tertiary/aromatic N) is 1. The smallest absolute Gasteiger partial charge is 0.307 e. The fourth-order valence-electron chi connectivity index (χ4n) is 1.76. The zero-order valence-corrected chi connectivity index (χ0v) is 12.2. The quantitative estimate of drug-likeness (QED) is 0.859. The summed E-state index contributed by atoms with van der Waals surface area (Å²) in [7, 11) is 1.32. The van der Waals surface area contributed by atoms with Gasteiger partial charge in [0.05, 0.1) is 13.5 Å². The number of carbonyl (C=O) groups is 1. The number of pyridine rings is 1. The second-order valence-electron chi connectivity index (χ2n) is 4.34. The first-order valence-electron chi connectivity index (χ1n) is 6.31. The molecule has 2 aromatic rings. The van der Waals surface area contributed by atoms with Gasteiger partial charge in [-0.2, -0.15) is 0 Å². The standard InChI is InChI=1S/C15H15ClN2O3/c1-20-14(19)9-13(17)12-3-2-8-18-15(12)21-11-6-4-10(16)5-7-11/h2-8,13H,9,17H2,1H3/t13-/m1/s1. The van der Waals surface area contributed by atoms with Crippen LogP contribution in [0.3, 0.4) is 0 Å². The number of halogens is 1. The Bertz CT molecular complexity index is 617. The molecule has 0 radical (unpaired) electrons. The molecule has 1 heterocycles. The summed E-state index contributed by atoms with van der Waals surface area (Å²) in [5.74, 6) is 0.560. The van der Waals surface area contributed by atoms with E-state index in [0.717, 1.165) is 0 Å². The maximum Gasteiger partial charge on any atom is 0.307 e. The third-order valence-electron chi connectivity index (χ3n) is 2.84. The molecule has 1 aromatic carbocycles. The highest BCUT2D eigenvalue weighted by molar-refractivity contribution is 6.30. The first kappa shape index (κ1) is 15.3. The van der Waals surface area contributed by atoms with Crippen LogP contribution in [0.25, 0.3) is 0 Å². The highest BCUT2D eigenvalue weighted by atomic mass is 35.5. The molecule has 6 heteroatoms. The van der Waals surface area contributed by atoms with Gasteiger partial charge >= 0.3 is 5.97 Å². The topological polar surface area (TPSA) is 74.4 Å². The number of esters is 1. The molecule has 0 aliphatic carbocycles. The lowest BCUT2D eigenvalue weighted by Crippen LogP contribution is -2.17. The molecule has 0 amide bonds. The number of aromatic nitrogens is 1. The van der Waals surface area contributed by atoms with Gasteiger partial charge in [0.1, 0.15) is 5.75 Å². The van der Waals surface area contributed by atoms with Gasteiger partial charge in [-0.05, 0) is 30.3 Å². The Morgan fingerprint density at radius 1 is 1.33 bits per heavy atom. The van der Waals surface area contributed by atoms with Gasteiger partial charge in [-0.15, -0.1) is 0 Å². The molecule has 1 atom stereocenters. The summed E-state index contributed by atoms with van der Waals surface area (Å²) in [6.45, 7) is 0. The van der Waals surface area contributed by atoms with Crippen LogP contribution < -0.4 is 10.5 Å². The third-order valence-corrected chi connectivity index (χ3v) is 3.09. The van der Waals surface area contributed by atoms with E-state index in [1.165, 1.54) is 7.11 Å². The molecule has 2 rings (SSSR count). The Kier molecular flexibility index (Phi) is 5.14. The lowest BCUT2D eigenvalue weighted by atomic mass is 10.1. The molecule has 0 bridgehead atoms. The lowest BCUT2D eigenvalue weighted by Gasteiger charge is -2.14. The van der Waals surface area contributed by atoms with Crippen molar-refractivity contribution in [3.05, 3.63) is 53.2 Å². The summed E-state index contributed by atoms with van der Waals surface area (Å²) < 4.78 is 10.3. The SMILES string of the molecule is COC(=O)C[C@@H](N)c1cccnc1Oc1ccc(Cl)cc1. The van der Waals surface area contributed by atoms with Crippen molar-refractivity contribution in [3.8, 4) is 11.6 Å². The molecule has 0 aliphatic heterocycles. The zero-order chi connectivity index (χ0) is 15.2. The molecule has 2 N–H and O–H groups in total.